The van der Waals surface area contributed by atoms with E-state index in [1.165, 1.54) is 29.8 Å². The van der Waals surface area contributed by atoms with Crippen molar-refractivity contribution in [2.75, 3.05) is 5.75 Å². The molecular formula is C5H5Br2N4OS4+. The molecule has 11 heteroatoms. The van der Waals surface area contributed by atoms with E-state index in [4.69, 9.17) is 4.55 Å². The molecule has 2 atom stereocenters. The van der Waals surface area contributed by atoms with E-state index in [0.29, 0.717) is 22.2 Å². The van der Waals surface area contributed by atoms with Crippen molar-refractivity contribution in [1.82, 2.24) is 14.1 Å². The van der Waals surface area contributed by atoms with Crippen LogP contribution in [0.3, 0.4) is 0 Å². The minimum absolute atomic E-state index is 0.212. The Morgan fingerprint density at radius 3 is 3.06 bits per heavy atom. The second-order valence-corrected chi connectivity index (χ2v) is 10.3. The van der Waals surface area contributed by atoms with E-state index in [1.54, 1.807) is 0 Å². The molecule has 1 aliphatic rings. The molecule has 0 saturated heterocycles. The summed E-state index contributed by atoms with van der Waals surface area (Å²) in [5, 5.41) is 0. The fourth-order valence-electron chi connectivity index (χ4n) is 0.903. The second-order valence-electron chi connectivity index (χ2n) is 2.61. The van der Waals surface area contributed by atoms with Crippen LogP contribution in [0, 0.1) is 0 Å². The number of hydrogen-bond acceptors (Lipinski definition) is 8. The SMILES string of the molecule is OSC1=N[C@@](Br)(C[S+](Br)c2ncns2)NS1. The summed E-state index contributed by atoms with van der Waals surface area (Å²) in [5.41, 5.74) is 0. The lowest BCUT2D eigenvalue weighted by molar-refractivity contribution is 0.672. The molecule has 88 valence electrons. The Balaban J connectivity index is 2.02. The average molecular weight is 425 g/mol. The normalized spacial score (nSPS) is 26.8. The molecule has 0 radical (unpaired) electrons. The molecule has 0 amide bonds. The first-order valence-corrected chi connectivity index (χ1v) is 10.2. The molecular weight excluding hydrogens is 420 g/mol. The molecule has 2 heterocycles. The molecule has 0 saturated carbocycles. The fraction of sp³-hybridized carbons (Fsp3) is 0.400. The Bertz CT molecular complexity index is 390. The van der Waals surface area contributed by atoms with Gasteiger partial charge in [0, 0.05) is 11.5 Å². The number of nitrogens with one attached hydrogen (secondary N) is 1. The summed E-state index contributed by atoms with van der Waals surface area (Å²) >= 11 is 10.4. The maximum absolute atomic E-state index is 8.89. The average Bonchev–Trinajstić information content (AvgIpc) is 2.86. The third-order valence-corrected chi connectivity index (χ3v) is 8.90. The van der Waals surface area contributed by atoms with E-state index in [2.05, 4.69) is 49.8 Å². The van der Waals surface area contributed by atoms with Crippen LogP contribution in [-0.4, -0.2) is 28.6 Å². The number of aliphatic imine (C=N–C) groups is 1. The van der Waals surface area contributed by atoms with Crippen molar-refractivity contribution in [3.8, 4) is 0 Å². The van der Waals surface area contributed by atoms with E-state index in [-0.39, 0.29) is 9.33 Å². The van der Waals surface area contributed by atoms with Gasteiger partial charge in [0.25, 0.3) is 0 Å². The van der Waals surface area contributed by atoms with Crippen molar-refractivity contribution in [1.29, 1.82) is 0 Å². The van der Waals surface area contributed by atoms with Gasteiger partial charge in [0.15, 0.2) is 10.1 Å². The van der Waals surface area contributed by atoms with Gasteiger partial charge in [0.05, 0.1) is 12.0 Å². The summed E-state index contributed by atoms with van der Waals surface area (Å²) in [6, 6.07) is 0. The van der Waals surface area contributed by atoms with Gasteiger partial charge >= 0.3 is 4.34 Å². The van der Waals surface area contributed by atoms with Gasteiger partial charge in [-0.15, -0.1) is 0 Å². The van der Waals surface area contributed by atoms with Gasteiger partial charge in [-0.25, -0.2) is 9.71 Å². The van der Waals surface area contributed by atoms with Gasteiger partial charge in [-0.1, -0.05) is 0 Å². The summed E-state index contributed by atoms with van der Waals surface area (Å²) < 4.78 is 16.9. The summed E-state index contributed by atoms with van der Waals surface area (Å²) in [6.45, 7) is 0. The predicted molar refractivity (Wildman–Crippen MR) is 79.4 cm³/mol. The minimum atomic E-state index is -0.555. The van der Waals surface area contributed by atoms with E-state index in [1.807, 2.05) is 0 Å². The highest BCUT2D eigenvalue weighted by atomic mass is 79.9. The maximum Gasteiger partial charge on any atom is 0.335 e. The zero-order valence-electron chi connectivity index (χ0n) is 7.46. The Hall–Kier alpha value is 1.16. The molecule has 16 heavy (non-hydrogen) atoms. The highest BCUT2D eigenvalue weighted by Crippen LogP contribution is 2.36. The van der Waals surface area contributed by atoms with Crippen LogP contribution < -0.4 is 4.72 Å². The van der Waals surface area contributed by atoms with Gasteiger partial charge in [-0.3, -0.25) is 0 Å². The van der Waals surface area contributed by atoms with Gasteiger partial charge in [-0.05, 0) is 27.9 Å². The minimum Gasteiger partial charge on any atom is -0.324 e. The first-order valence-electron chi connectivity index (χ1n) is 3.81. The van der Waals surface area contributed by atoms with Gasteiger partial charge < -0.3 is 4.55 Å². The second kappa shape index (κ2) is 5.87. The summed E-state index contributed by atoms with van der Waals surface area (Å²) in [6.07, 6.45) is 1.54. The Labute approximate surface area is 123 Å². The number of halogens is 2. The van der Waals surface area contributed by atoms with Gasteiger partial charge in [0.2, 0.25) is 19.4 Å². The van der Waals surface area contributed by atoms with Crippen LogP contribution in [0.5, 0.6) is 0 Å². The molecule has 0 fully saturated rings. The lowest BCUT2D eigenvalue weighted by Gasteiger charge is -2.13. The zero-order chi connectivity index (χ0) is 11.6. The van der Waals surface area contributed by atoms with Crippen LogP contribution in [0.1, 0.15) is 0 Å². The van der Waals surface area contributed by atoms with Crippen LogP contribution in [0.4, 0.5) is 0 Å². The molecule has 1 aromatic heterocycles. The van der Waals surface area contributed by atoms with Crippen molar-refractivity contribution < 1.29 is 4.55 Å². The standard InChI is InChI=1S/C5H4Br2N4OS4/c6-5(10-3(15-12)13-11-5)1-16(7)4-8-2-9-14-4/h2,11H,1H2/p+1/t5-,16?/m0/s1. The largest absolute Gasteiger partial charge is 0.335 e. The third kappa shape index (κ3) is 3.34. The lowest BCUT2D eigenvalue weighted by atomic mass is 10.6. The lowest BCUT2D eigenvalue weighted by Crippen LogP contribution is -2.35. The first kappa shape index (κ1) is 13.6. The highest BCUT2D eigenvalue weighted by molar-refractivity contribution is 9.48. The quantitative estimate of drug-likeness (QED) is 0.255. The monoisotopic (exact) mass is 423 g/mol. The summed E-state index contributed by atoms with van der Waals surface area (Å²) in [4.78, 5) is 8.46. The smallest absolute Gasteiger partial charge is 0.324 e. The van der Waals surface area contributed by atoms with E-state index in [9.17, 15) is 0 Å². The third-order valence-electron chi connectivity index (χ3n) is 1.49. The molecule has 1 unspecified atom stereocenters. The van der Waals surface area contributed by atoms with Crippen LogP contribution in [0.15, 0.2) is 15.7 Å². The van der Waals surface area contributed by atoms with E-state index in [0.717, 1.165) is 4.34 Å². The number of aromatic nitrogens is 2. The molecule has 1 aliphatic heterocycles. The van der Waals surface area contributed by atoms with Crippen LogP contribution in [0.2, 0.25) is 0 Å². The fourth-order valence-corrected chi connectivity index (χ4v) is 7.73. The molecule has 0 bridgehead atoms. The molecule has 0 aromatic carbocycles. The van der Waals surface area contributed by atoms with Gasteiger partial charge in [0.1, 0.15) is 15.7 Å². The van der Waals surface area contributed by atoms with Crippen molar-refractivity contribution in [3.63, 3.8) is 0 Å². The number of hydrogen-bond donors (Lipinski definition) is 2. The van der Waals surface area contributed by atoms with Crippen LogP contribution in [-0.2, 0) is 9.33 Å². The molecule has 2 N–H and O–H groups in total. The van der Waals surface area contributed by atoms with Crippen LogP contribution in [0.25, 0.3) is 0 Å². The number of rotatable bonds is 3. The molecule has 0 spiro atoms. The summed E-state index contributed by atoms with van der Waals surface area (Å²) in [5.74, 6) is 0.694. The Morgan fingerprint density at radius 1 is 1.69 bits per heavy atom. The topological polar surface area (TPSA) is 70.4 Å². The van der Waals surface area contributed by atoms with Crippen LogP contribution >= 0.6 is 66.3 Å². The van der Waals surface area contributed by atoms with Crippen molar-refractivity contribution >= 4 is 80.0 Å². The van der Waals surface area contributed by atoms with E-state index >= 15 is 0 Å². The summed E-state index contributed by atoms with van der Waals surface area (Å²) in [7, 11) is -0.212. The molecule has 0 aliphatic carbocycles. The first-order chi connectivity index (χ1) is 7.63. The van der Waals surface area contributed by atoms with Crippen molar-refractivity contribution in [2.45, 2.75) is 8.91 Å². The molecule has 5 nitrogen and oxygen atoms in total. The van der Waals surface area contributed by atoms with Gasteiger partial charge in [-0.2, -0.15) is 9.36 Å². The predicted octanol–water partition coefficient (Wildman–Crippen LogP) is 2.69. The Kier molecular flexibility index (Phi) is 4.98. The van der Waals surface area contributed by atoms with Crippen molar-refractivity contribution in [2.24, 2.45) is 4.99 Å². The molecule has 1 aromatic rings. The molecule has 2 rings (SSSR count). The number of alkyl halides is 1. The highest BCUT2D eigenvalue weighted by Gasteiger charge is 2.42. The Morgan fingerprint density at radius 2 is 2.50 bits per heavy atom. The zero-order valence-corrected chi connectivity index (χ0v) is 13.9. The van der Waals surface area contributed by atoms with E-state index < -0.39 is 4.57 Å². The van der Waals surface area contributed by atoms with Crippen molar-refractivity contribution in [3.05, 3.63) is 6.33 Å². The maximum atomic E-state index is 8.89. The number of nitrogens with zero attached hydrogens (tertiary/aromatic N) is 3.